The Balaban J connectivity index is 1.52. The molecule has 2 amide bonds. The van der Waals surface area contributed by atoms with Gasteiger partial charge in [0.2, 0.25) is 11.8 Å². The zero-order chi connectivity index (χ0) is 17.2. The van der Waals surface area contributed by atoms with E-state index in [4.69, 9.17) is 0 Å². The number of carbonyl (C=O) groups excluding carboxylic acids is 2. The minimum atomic E-state index is -0.320. The molecule has 2 aromatic rings. The van der Waals surface area contributed by atoms with Crippen molar-refractivity contribution in [3.63, 3.8) is 0 Å². The Kier molecular flexibility index (Phi) is 4.10. The minimum absolute atomic E-state index is 0.0729. The summed E-state index contributed by atoms with van der Waals surface area (Å²) in [6.45, 7) is 0. The van der Waals surface area contributed by atoms with Crippen LogP contribution < -0.4 is 10.6 Å². The SMILES string of the molecule is O=C(Nc1ccccc1)[C@@H]1[C@H](C(=O)Nc2ccccc2)[C@@H]2C=C[C@@H]1C2. The van der Waals surface area contributed by atoms with Gasteiger partial charge in [-0.1, -0.05) is 48.6 Å². The van der Waals surface area contributed by atoms with Crippen LogP contribution in [0.5, 0.6) is 0 Å². The Morgan fingerprint density at radius 1 is 0.680 bits per heavy atom. The number of para-hydroxylation sites is 2. The predicted molar refractivity (Wildman–Crippen MR) is 97.9 cm³/mol. The summed E-state index contributed by atoms with van der Waals surface area (Å²) in [6, 6.07) is 18.8. The van der Waals surface area contributed by atoms with Gasteiger partial charge >= 0.3 is 0 Å². The second-order valence-corrected chi connectivity index (χ2v) is 6.71. The first-order chi connectivity index (χ1) is 12.2. The van der Waals surface area contributed by atoms with Gasteiger partial charge in [0, 0.05) is 11.4 Å². The number of nitrogens with one attached hydrogen (secondary N) is 2. The van der Waals surface area contributed by atoms with E-state index in [2.05, 4.69) is 22.8 Å². The highest BCUT2D eigenvalue weighted by Crippen LogP contribution is 2.48. The molecule has 0 radical (unpaired) electrons. The maximum absolute atomic E-state index is 12.8. The van der Waals surface area contributed by atoms with Gasteiger partial charge in [0.25, 0.3) is 0 Å². The molecule has 1 saturated carbocycles. The number of benzene rings is 2. The smallest absolute Gasteiger partial charge is 0.228 e. The molecule has 4 rings (SSSR count). The van der Waals surface area contributed by atoms with Crippen LogP contribution in [0.25, 0.3) is 0 Å². The molecule has 2 bridgehead atoms. The predicted octanol–water partition coefficient (Wildman–Crippen LogP) is 3.70. The molecule has 0 unspecified atom stereocenters. The number of amides is 2. The number of hydrogen-bond acceptors (Lipinski definition) is 2. The summed E-state index contributed by atoms with van der Waals surface area (Å²) in [6.07, 6.45) is 5.05. The monoisotopic (exact) mass is 332 g/mol. The van der Waals surface area contributed by atoms with Crippen molar-refractivity contribution in [2.75, 3.05) is 10.6 Å². The summed E-state index contributed by atoms with van der Waals surface area (Å²) in [5, 5.41) is 5.93. The average molecular weight is 332 g/mol. The van der Waals surface area contributed by atoms with E-state index in [-0.39, 0.29) is 35.5 Å². The van der Waals surface area contributed by atoms with Crippen molar-refractivity contribution in [3.05, 3.63) is 72.8 Å². The van der Waals surface area contributed by atoms with Gasteiger partial charge in [-0.3, -0.25) is 9.59 Å². The van der Waals surface area contributed by atoms with Gasteiger partial charge in [-0.05, 0) is 42.5 Å². The van der Waals surface area contributed by atoms with Gasteiger partial charge in [-0.15, -0.1) is 0 Å². The summed E-state index contributed by atoms with van der Waals surface area (Å²) in [7, 11) is 0. The first-order valence-corrected chi connectivity index (χ1v) is 8.62. The molecule has 25 heavy (non-hydrogen) atoms. The topological polar surface area (TPSA) is 58.2 Å². The van der Waals surface area contributed by atoms with E-state index < -0.39 is 0 Å². The number of allylic oxidation sites excluding steroid dienone is 2. The molecule has 0 spiro atoms. The highest BCUT2D eigenvalue weighted by molar-refractivity contribution is 6.01. The molecule has 2 aliphatic rings. The quantitative estimate of drug-likeness (QED) is 0.839. The second-order valence-electron chi connectivity index (χ2n) is 6.71. The summed E-state index contributed by atoms with van der Waals surface area (Å²) in [4.78, 5) is 25.7. The maximum Gasteiger partial charge on any atom is 0.228 e. The van der Waals surface area contributed by atoms with Crippen LogP contribution in [0.3, 0.4) is 0 Å². The van der Waals surface area contributed by atoms with Gasteiger partial charge in [-0.25, -0.2) is 0 Å². The van der Waals surface area contributed by atoms with E-state index in [1.54, 1.807) is 0 Å². The molecule has 0 heterocycles. The Morgan fingerprint density at radius 2 is 1.08 bits per heavy atom. The highest BCUT2D eigenvalue weighted by Gasteiger charge is 2.51. The molecular weight excluding hydrogens is 312 g/mol. The van der Waals surface area contributed by atoms with Gasteiger partial charge < -0.3 is 10.6 Å². The molecule has 0 aromatic heterocycles. The summed E-state index contributed by atoms with van der Waals surface area (Å²) in [5.41, 5.74) is 1.53. The van der Waals surface area contributed by atoms with E-state index in [0.29, 0.717) is 0 Å². The number of hydrogen-bond donors (Lipinski definition) is 2. The molecule has 126 valence electrons. The number of rotatable bonds is 4. The number of carbonyl (C=O) groups is 2. The maximum atomic E-state index is 12.8. The van der Waals surface area contributed by atoms with Crippen molar-refractivity contribution in [1.29, 1.82) is 0 Å². The summed E-state index contributed by atoms with van der Waals surface area (Å²) < 4.78 is 0. The average Bonchev–Trinajstić information content (AvgIpc) is 3.24. The third-order valence-electron chi connectivity index (χ3n) is 5.15. The molecular formula is C21H20N2O2. The summed E-state index contributed by atoms with van der Waals surface area (Å²) in [5.74, 6) is -0.508. The van der Waals surface area contributed by atoms with Crippen molar-refractivity contribution < 1.29 is 9.59 Å². The van der Waals surface area contributed by atoms with Gasteiger partial charge in [0.15, 0.2) is 0 Å². The number of anilines is 2. The van der Waals surface area contributed by atoms with E-state index in [9.17, 15) is 9.59 Å². The largest absolute Gasteiger partial charge is 0.326 e. The zero-order valence-electron chi connectivity index (χ0n) is 13.8. The Morgan fingerprint density at radius 3 is 1.48 bits per heavy atom. The van der Waals surface area contributed by atoms with Crippen LogP contribution in [0.1, 0.15) is 6.42 Å². The molecule has 2 N–H and O–H groups in total. The van der Waals surface area contributed by atoms with Crippen molar-refractivity contribution in [2.24, 2.45) is 23.7 Å². The standard InChI is InChI=1S/C21H20N2O2/c24-20(22-16-7-3-1-4-8-16)18-14-11-12-15(13-14)19(18)21(25)23-17-9-5-2-6-10-17/h1-12,14-15,18-19H,13H2,(H,22,24)(H,23,25)/t14-,15-,18-,19+/m1/s1. The molecule has 4 nitrogen and oxygen atoms in total. The van der Waals surface area contributed by atoms with E-state index in [1.807, 2.05) is 60.7 Å². The lowest BCUT2D eigenvalue weighted by Gasteiger charge is -2.26. The molecule has 2 aromatic carbocycles. The fourth-order valence-corrected chi connectivity index (χ4v) is 4.03. The van der Waals surface area contributed by atoms with Crippen LogP contribution in [0.2, 0.25) is 0 Å². The van der Waals surface area contributed by atoms with Crippen molar-refractivity contribution in [2.45, 2.75) is 6.42 Å². The van der Waals surface area contributed by atoms with Crippen LogP contribution in [-0.4, -0.2) is 11.8 Å². The van der Waals surface area contributed by atoms with Crippen molar-refractivity contribution in [1.82, 2.24) is 0 Å². The lowest BCUT2D eigenvalue weighted by molar-refractivity contribution is -0.129. The minimum Gasteiger partial charge on any atom is -0.326 e. The molecule has 2 aliphatic carbocycles. The third-order valence-corrected chi connectivity index (χ3v) is 5.15. The normalized spacial score (nSPS) is 26.4. The molecule has 4 heteroatoms. The molecule has 0 saturated heterocycles. The summed E-state index contributed by atoms with van der Waals surface area (Å²) >= 11 is 0. The Labute approximate surface area is 146 Å². The van der Waals surface area contributed by atoms with Crippen LogP contribution >= 0.6 is 0 Å². The third kappa shape index (κ3) is 3.07. The Bertz CT molecular complexity index is 734. The highest BCUT2D eigenvalue weighted by atomic mass is 16.2. The van der Waals surface area contributed by atoms with E-state index in [0.717, 1.165) is 17.8 Å². The van der Waals surface area contributed by atoms with Crippen LogP contribution in [-0.2, 0) is 9.59 Å². The Hall–Kier alpha value is -2.88. The molecule has 1 fully saturated rings. The zero-order valence-corrected chi connectivity index (χ0v) is 13.8. The second kappa shape index (κ2) is 6.55. The van der Waals surface area contributed by atoms with Gasteiger partial charge in [0.1, 0.15) is 0 Å². The molecule has 0 aliphatic heterocycles. The van der Waals surface area contributed by atoms with Gasteiger partial charge in [-0.2, -0.15) is 0 Å². The fourth-order valence-electron chi connectivity index (χ4n) is 4.03. The van der Waals surface area contributed by atoms with E-state index >= 15 is 0 Å². The van der Waals surface area contributed by atoms with Gasteiger partial charge in [0.05, 0.1) is 11.8 Å². The number of fused-ring (bicyclic) bond motifs is 2. The van der Waals surface area contributed by atoms with Crippen molar-refractivity contribution in [3.8, 4) is 0 Å². The lowest BCUT2D eigenvalue weighted by Crippen LogP contribution is -2.39. The van der Waals surface area contributed by atoms with Crippen molar-refractivity contribution >= 4 is 23.2 Å². The van der Waals surface area contributed by atoms with Crippen LogP contribution in [0.15, 0.2) is 72.8 Å². The fraction of sp³-hybridized carbons (Fsp3) is 0.238. The first kappa shape index (κ1) is 15.6. The van der Waals surface area contributed by atoms with Crippen LogP contribution in [0, 0.1) is 23.7 Å². The van der Waals surface area contributed by atoms with Crippen LogP contribution in [0.4, 0.5) is 11.4 Å². The molecule has 4 atom stereocenters. The first-order valence-electron chi connectivity index (χ1n) is 8.62. The van der Waals surface area contributed by atoms with E-state index in [1.165, 1.54) is 0 Å². The lowest BCUT2D eigenvalue weighted by atomic mass is 9.81.